The first-order chi connectivity index (χ1) is 15.2. The number of nitriles is 1. The highest BCUT2D eigenvalue weighted by atomic mass is 19.1. The molecule has 1 amide bonds. The zero-order valence-corrected chi connectivity index (χ0v) is 17.7. The van der Waals surface area contributed by atoms with Crippen molar-refractivity contribution < 1.29 is 18.0 Å². The molecule has 1 aliphatic heterocycles. The predicted octanol–water partition coefficient (Wildman–Crippen LogP) is 3.30. The van der Waals surface area contributed by atoms with Gasteiger partial charge in [0.25, 0.3) is 5.91 Å². The first-order valence-electron chi connectivity index (χ1n) is 10.5. The Hall–Kier alpha value is -3.12. The summed E-state index contributed by atoms with van der Waals surface area (Å²) in [4.78, 5) is 19.0. The van der Waals surface area contributed by atoms with Crippen molar-refractivity contribution >= 4 is 11.6 Å². The number of nitrogens with zero attached hydrogens (tertiary/aromatic N) is 3. The van der Waals surface area contributed by atoms with Gasteiger partial charge in [-0.05, 0) is 49.8 Å². The third kappa shape index (κ3) is 4.28. The van der Waals surface area contributed by atoms with Crippen molar-refractivity contribution in [2.24, 2.45) is 11.7 Å². The van der Waals surface area contributed by atoms with Crippen molar-refractivity contribution in [1.82, 2.24) is 10.3 Å². The maximum Gasteiger partial charge on any atom is 0.255 e. The Bertz CT molecular complexity index is 1080. The number of nitrogens with two attached hydrogens (primary N) is 1. The largest absolute Gasteiger partial charge is 0.368 e. The lowest BCUT2D eigenvalue weighted by Crippen LogP contribution is -2.45. The maximum atomic E-state index is 14.1. The zero-order chi connectivity index (χ0) is 23.0. The number of rotatable bonds is 6. The molecule has 1 aromatic carbocycles. The van der Waals surface area contributed by atoms with Crippen LogP contribution in [0.5, 0.6) is 0 Å². The first kappa shape index (κ1) is 22.1. The molecule has 1 saturated heterocycles. The average Bonchev–Trinajstić information content (AvgIpc) is 3.54. The van der Waals surface area contributed by atoms with Crippen LogP contribution in [0.4, 0.5) is 18.9 Å². The third-order valence-corrected chi connectivity index (χ3v) is 6.21. The molecule has 2 atom stereocenters. The highest BCUT2D eigenvalue weighted by Gasteiger charge is 2.38. The summed E-state index contributed by atoms with van der Waals surface area (Å²) in [7, 11) is 0. The van der Waals surface area contributed by atoms with E-state index in [1.54, 1.807) is 4.90 Å². The highest BCUT2D eigenvalue weighted by molar-refractivity contribution is 6.04. The van der Waals surface area contributed by atoms with Crippen molar-refractivity contribution in [2.45, 2.75) is 37.8 Å². The van der Waals surface area contributed by atoms with Crippen LogP contribution in [0.1, 0.15) is 42.2 Å². The molecule has 2 aliphatic rings. The van der Waals surface area contributed by atoms with E-state index >= 15 is 0 Å². The van der Waals surface area contributed by atoms with Gasteiger partial charge in [-0.25, -0.2) is 18.2 Å². The Labute approximate surface area is 184 Å². The van der Waals surface area contributed by atoms with E-state index in [9.17, 15) is 23.2 Å². The van der Waals surface area contributed by atoms with Gasteiger partial charge in [-0.1, -0.05) is 0 Å². The standard InChI is InChI=1S/C23H24F3N5O/c1-13(14-2-3-14)30-22(32)18-10-29-19(9-27)20(15-6-16(25)8-17(26)7-15)21(18)31-5-4-23(28,11-24)12-31/h6-8,10,13-14H,2-5,11-12,28H2,1H3,(H,30,32)/t13-,23-/m0/s1. The summed E-state index contributed by atoms with van der Waals surface area (Å²) in [5.74, 6) is -1.67. The van der Waals surface area contributed by atoms with E-state index in [1.165, 1.54) is 6.20 Å². The van der Waals surface area contributed by atoms with Gasteiger partial charge >= 0.3 is 0 Å². The van der Waals surface area contributed by atoms with E-state index in [0.717, 1.165) is 31.0 Å². The molecule has 2 aromatic rings. The number of carbonyl (C=O) groups excluding carboxylic acids is 1. The number of anilines is 1. The molecule has 1 aromatic heterocycles. The molecule has 3 N–H and O–H groups in total. The number of hydrogen-bond acceptors (Lipinski definition) is 5. The van der Waals surface area contributed by atoms with Crippen LogP contribution in [0.3, 0.4) is 0 Å². The van der Waals surface area contributed by atoms with Gasteiger partial charge in [0.05, 0.1) is 16.8 Å². The fourth-order valence-corrected chi connectivity index (χ4v) is 4.25. The van der Waals surface area contributed by atoms with Crippen molar-refractivity contribution in [1.29, 1.82) is 5.26 Å². The van der Waals surface area contributed by atoms with Gasteiger partial charge in [-0.2, -0.15) is 5.26 Å². The van der Waals surface area contributed by atoms with E-state index in [4.69, 9.17) is 5.73 Å². The first-order valence-corrected chi connectivity index (χ1v) is 10.5. The predicted molar refractivity (Wildman–Crippen MR) is 114 cm³/mol. The average molecular weight is 443 g/mol. The van der Waals surface area contributed by atoms with Gasteiger partial charge in [-0.3, -0.25) is 4.79 Å². The lowest BCUT2D eigenvalue weighted by Gasteiger charge is -2.27. The molecule has 1 saturated carbocycles. The van der Waals surface area contributed by atoms with Crippen LogP contribution >= 0.6 is 0 Å². The number of carbonyl (C=O) groups is 1. The number of pyridine rings is 1. The van der Waals surface area contributed by atoms with Crippen LogP contribution in [0.2, 0.25) is 0 Å². The molecular formula is C23H24F3N5O. The van der Waals surface area contributed by atoms with Crippen molar-refractivity contribution in [3.05, 3.63) is 47.3 Å². The lowest BCUT2D eigenvalue weighted by molar-refractivity contribution is 0.0936. The number of benzene rings is 1. The second-order valence-electron chi connectivity index (χ2n) is 8.78. The highest BCUT2D eigenvalue weighted by Crippen LogP contribution is 2.40. The van der Waals surface area contributed by atoms with Crippen molar-refractivity contribution in [2.75, 3.05) is 24.7 Å². The minimum absolute atomic E-state index is 0.0564. The summed E-state index contributed by atoms with van der Waals surface area (Å²) in [6.07, 6.45) is 3.68. The second-order valence-corrected chi connectivity index (χ2v) is 8.78. The van der Waals surface area contributed by atoms with Crippen LogP contribution < -0.4 is 16.0 Å². The number of amides is 1. The number of hydrogen-bond donors (Lipinski definition) is 2. The minimum atomic E-state index is -1.12. The monoisotopic (exact) mass is 443 g/mol. The summed E-state index contributed by atoms with van der Waals surface area (Å²) in [6.45, 7) is 1.56. The maximum absolute atomic E-state index is 14.1. The Kier molecular flexibility index (Phi) is 5.82. The number of halogens is 3. The van der Waals surface area contributed by atoms with Gasteiger partial charge < -0.3 is 16.0 Å². The van der Waals surface area contributed by atoms with E-state index in [0.29, 0.717) is 18.9 Å². The zero-order valence-electron chi connectivity index (χ0n) is 17.7. The summed E-state index contributed by atoms with van der Waals surface area (Å²) in [6, 6.07) is 4.78. The topological polar surface area (TPSA) is 95.0 Å². The Morgan fingerprint density at radius 3 is 2.62 bits per heavy atom. The fraction of sp³-hybridized carbons (Fsp3) is 0.435. The molecule has 168 valence electrons. The van der Waals surface area contributed by atoms with Gasteiger partial charge in [0.1, 0.15) is 30.1 Å². The van der Waals surface area contributed by atoms with E-state index in [1.807, 2.05) is 13.0 Å². The molecule has 0 spiro atoms. The van der Waals surface area contributed by atoms with Crippen LogP contribution in [0.25, 0.3) is 11.1 Å². The number of nitrogens with one attached hydrogen (secondary N) is 1. The third-order valence-electron chi connectivity index (χ3n) is 6.21. The molecule has 0 bridgehead atoms. The molecule has 2 fully saturated rings. The van der Waals surface area contributed by atoms with Crippen molar-refractivity contribution in [3.63, 3.8) is 0 Å². The Balaban J connectivity index is 1.88. The fourth-order valence-electron chi connectivity index (χ4n) is 4.25. The van der Waals surface area contributed by atoms with Gasteiger partial charge in [0.15, 0.2) is 0 Å². The van der Waals surface area contributed by atoms with Crippen LogP contribution in [-0.2, 0) is 0 Å². The molecule has 32 heavy (non-hydrogen) atoms. The molecule has 1 aliphatic carbocycles. The Morgan fingerprint density at radius 1 is 1.38 bits per heavy atom. The molecule has 0 unspecified atom stereocenters. The lowest BCUT2D eigenvalue weighted by atomic mass is 9.97. The SMILES string of the molecule is C[C@H](NC(=O)c1cnc(C#N)c(-c2cc(F)cc(F)c2)c1N1CC[C@](N)(CF)C1)C1CC1. The second kappa shape index (κ2) is 8.43. The Morgan fingerprint density at radius 2 is 2.06 bits per heavy atom. The molecular weight excluding hydrogens is 419 g/mol. The van der Waals surface area contributed by atoms with E-state index in [-0.39, 0.29) is 40.7 Å². The van der Waals surface area contributed by atoms with E-state index in [2.05, 4.69) is 10.3 Å². The van der Waals surface area contributed by atoms with Gasteiger partial charge in [0, 0.05) is 37.0 Å². The number of alkyl halides is 1. The number of aromatic nitrogens is 1. The minimum Gasteiger partial charge on any atom is -0.368 e. The van der Waals surface area contributed by atoms with Gasteiger partial charge in [-0.15, -0.1) is 0 Å². The van der Waals surface area contributed by atoms with Crippen LogP contribution in [0, 0.1) is 28.9 Å². The summed E-state index contributed by atoms with van der Waals surface area (Å²) in [5.41, 5.74) is 5.55. The van der Waals surface area contributed by atoms with Crippen molar-refractivity contribution in [3.8, 4) is 17.2 Å². The summed E-state index contributed by atoms with van der Waals surface area (Å²) >= 11 is 0. The van der Waals surface area contributed by atoms with Crippen LogP contribution in [0.15, 0.2) is 24.4 Å². The van der Waals surface area contributed by atoms with Crippen LogP contribution in [-0.4, -0.2) is 42.2 Å². The smallest absolute Gasteiger partial charge is 0.255 e. The van der Waals surface area contributed by atoms with E-state index < -0.39 is 29.8 Å². The summed E-state index contributed by atoms with van der Waals surface area (Å²) < 4.78 is 41.7. The molecule has 2 heterocycles. The molecule has 6 nitrogen and oxygen atoms in total. The molecule has 0 radical (unpaired) electrons. The van der Waals surface area contributed by atoms with Gasteiger partial charge in [0.2, 0.25) is 0 Å². The summed E-state index contributed by atoms with van der Waals surface area (Å²) in [5, 5.41) is 12.6. The normalized spacial score (nSPS) is 21.3. The quantitative estimate of drug-likeness (QED) is 0.714. The molecule has 4 rings (SSSR count). The molecule has 9 heteroatoms.